The van der Waals surface area contributed by atoms with Gasteiger partial charge in [0, 0.05) is 17.5 Å². The molecule has 0 atom stereocenters. The molecule has 1 heterocycles. The Hall–Kier alpha value is -3.41. The van der Waals surface area contributed by atoms with Crippen LogP contribution in [0.3, 0.4) is 0 Å². The van der Waals surface area contributed by atoms with Crippen LogP contribution in [-0.2, 0) is 0 Å². The van der Waals surface area contributed by atoms with E-state index in [1.165, 1.54) is 6.07 Å². The predicted octanol–water partition coefficient (Wildman–Crippen LogP) is 4.00. The van der Waals surface area contributed by atoms with Crippen LogP contribution in [0.2, 0.25) is 0 Å². The van der Waals surface area contributed by atoms with Crippen molar-refractivity contribution in [3.8, 4) is 23.0 Å². The molecule has 6 heteroatoms. The fourth-order valence-corrected chi connectivity index (χ4v) is 2.82. The number of fused-ring (bicyclic) bond motifs is 1. The third kappa shape index (κ3) is 3.74. The zero-order valence-corrected chi connectivity index (χ0v) is 15.6. The molecule has 0 bridgehead atoms. The van der Waals surface area contributed by atoms with Crippen LogP contribution in [-0.4, -0.2) is 28.4 Å². The van der Waals surface area contributed by atoms with E-state index in [2.05, 4.69) is 0 Å². The third-order valence-electron chi connectivity index (χ3n) is 4.13. The van der Waals surface area contributed by atoms with Gasteiger partial charge in [0.2, 0.25) is 5.75 Å². The fraction of sp³-hybridized carbons (Fsp3) is 0.190. The molecule has 3 rings (SSSR count). The minimum absolute atomic E-state index is 0.430. The Morgan fingerprint density at radius 3 is 2.11 bits per heavy atom. The first-order valence-electron chi connectivity index (χ1n) is 8.19. The molecule has 0 saturated carbocycles. The minimum atomic E-state index is -0.430. The highest BCUT2D eigenvalue weighted by Crippen LogP contribution is 2.38. The molecule has 27 heavy (non-hydrogen) atoms. The molecule has 6 nitrogen and oxygen atoms in total. The Balaban J connectivity index is 2.07. The van der Waals surface area contributed by atoms with Gasteiger partial charge in [0.25, 0.3) is 0 Å². The molecule has 0 radical (unpaired) electrons. The number of hydrogen-bond acceptors (Lipinski definition) is 6. The molecule has 0 aliphatic heterocycles. The average Bonchev–Trinajstić information content (AvgIpc) is 2.70. The van der Waals surface area contributed by atoms with Crippen molar-refractivity contribution in [1.29, 1.82) is 0 Å². The van der Waals surface area contributed by atoms with E-state index in [4.69, 9.17) is 23.4 Å². The van der Waals surface area contributed by atoms with Gasteiger partial charge in [0.1, 0.15) is 11.3 Å². The summed E-state index contributed by atoms with van der Waals surface area (Å²) in [7, 11) is 6.25. The van der Waals surface area contributed by atoms with E-state index in [9.17, 15) is 4.79 Å². The van der Waals surface area contributed by atoms with Gasteiger partial charge in [-0.3, -0.25) is 0 Å². The second-order valence-electron chi connectivity index (χ2n) is 5.67. The van der Waals surface area contributed by atoms with Gasteiger partial charge in [-0.15, -0.1) is 0 Å². The summed E-state index contributed by atoms with van der Waals surface area (Å²) in [5, 5.41) is 0.805. The molecule has 3 aromatic rings. The third-order valence-corrected chi connectivity index (χ3v) is 4.13. The maximum atomic E-state index is 11.9. The molecular formula is C21H20O6. The summed E-state index contributed by atoms with van der Waals surface area (Å²) < 4.78 is 26.5. The number of rotatable bonds is 6. The summed E-state index contributed by atoms with van der Waals surface area (Å²) >= 11 is 0. The Kier molecular flexibility index (Phi) is 5.35. The zero-order chi connectivity index (χ0) is 19.4. The molecule has 0 spiro atoms. The molecule has 0 unspecified atom stereocenters. The first-order chi connectivity index (χ1) is 13.1. The molecule has 0 amide bonds. The van der Waals surface area contributed by atoms with E-state index in [-0.39, 0.29) is 0 Å². The lowest BCUT2D eigenvalue weighted by Crippen LogP contribution is -1.98. The van der Waals surface area contributed by atoms with Crippen molar-refractivity contribution in [3.63, 3.8) is 0 Å². The average molecular weight is 368 g/mol. The van der Waals surface area contributed by atoms with E-state index < -0.39 is 5.63 Å². The maximum absolute atomic E-state index is 11.9. The standard InChI is InChI=1S/C21H20O6/c1-23-15-7-8-16-14(11-20(22)27-17(16)12-15)6-5-13-9-18(24-2)21(26-4)19(10-13)25-3/h5-12H,1-4H3/b6-5+. The lowest BCUT2D eigenvalue weighted by Gasteiger charge is -2.12. The maximum Gasteiger partial charge on any atom is 0.336 e. The van der Waals surface area contributed by atoms with E-state index >= 15 is 0 Å². The van der Waals surface area contributed by atoms with Crippen molar-refractivity contribution in [2.75, 3.05) is 28.4 Å². The Labute approximate surface area is 156 Å². The number of hydrogen-bond donors (Lipinski definition) is 0. The monoisotopic (exact) mass is 368 g/mol. The fourth-order valence-electron chi connectivity index (χ4n) is 2.82. The summed E-state index contributed by atoms with van der Waals surface area (Å²) in [6.45, 7) is 0. The van der Waals surface area contributed by atoms with Crippen LogP contribution in [0.1, 0.15) is 11.1 Å². The quantitative estimate of drug-likeness (QED) is 0.613. The highest BCUT2D eigenvalue weighted by atomic mass is 16.5. The van der Waals surface area contributed by atoms with Crippen LogP contribution in [0.15, 0.2) is 45.6 Å². The van der Waals surface area contributed by atoms with Gasteiger partial charge in [-0.2, -0.15) is 0 Å². The molecular weight excluding hydrogens is 348 g/mol. The van der Waals surface area contributed by atoms with Crippen molar-refractivity contribution in [2.45, 2.75) is 0 Å². The van der Waals surface area contributed by atoms with E-state index in [0.717, 1.165) is 16.5 Å². The second-order valence-corrected chi connectivity index (χ2v) is 5.67. The Morgan fingerprint density at radius 2 is 1.52 bits per heavy atom. The van der Waals surface area contributed by atoms with Crippen molar-refractivity contribution in [3.05, 3.63) is 57.9 Å². The molecule has 1 aromatic heterocycles. The van der Waals surface area contributed by atoms with Crippen molar-refractivity contribution in [2.24, 2.45) is 0 Å². The van der Waals surface area contributed by atoms with Crippen LogP contribution in [0.25, 0.3) is 23.1 Å². The van der Waals surface area contributed by atoms with Crippen molar-refractivity contribution >= 4 is 23.1 Å². The van der Waals surface area contributed by atoms with Gasteiger partial charge < -0.3 is 23.4 Å². The predicted molar refractivity (Wildman–Crippen MR) is 104 cm³/mol. The lowest BCUT2D eigenvalue weighted by molar-refractivity contribution is 0.324. The number of methoxy groups -OCH3 is 4. The smallest absolute Gasteiger partial charge is 0.336 e. The Morgan fingerprint density at radius 1 is 0.815 bits per heavy atom. The summed E-state index contributed by atoms with van der Waals surface area (Å²) in [4.78, 5) is 11.9. The summed E-state index contributed by atoms with van der Waals surface area (Å²) in [6, 6.07) is 10.5. The van der Waals surface area contributed by atoms with Gasteiger partial charge in [0.15, 0.2) is 11.5 Å². The molecule has 0 aliphatic carbocycles. The molecule has 0 N–H and O–H groups in total. The highest BCUT2D eigenvalue weighted by Gasteiger charge is 2.12. The van der Waals surface area contributed by atoms with Crippen LogP contribution >= 0.6 is 0 Å². The number of benzene rings is 2. The topological polar surface area (TPSA) is 67.1 Å². The van der Waals surface area contributed by atoms with Crippen LogP contribution in [0.5, 0.6) is 23.0 Å². The summed E-state index contributed by atoms with van der Waals surface area (Å²) in [6.07, 6.45) is 3.70. The summed E-state index contributed by atoms with van der Waals surface area (Å²) in [5.41, 5.74) is 1.60. The van der Waals surface area contributed by atoms with Crippen LogP contribution < -0.4 is 24.6 Å². The van der Waals surface area contributed by atoms with Crippen LogP contribution in [0, 0.1) is 0 Å². The van der Waals surface area contributed by atoms with Crippen LogP contribution in [0.4, 0.5) is 0 Å². The minimum Gasteiger partial charge on any atom is -0.497 e. The highest BCUT2D eigenvalue weighted by molar-refractivity contribution is 5.90. The largest absolute Gasteiger partial charge is 0.497 e. The molecule has 0 aliphatic rings. The molecule has 0 fully saturated rings. The van der Waals surface area contributed by atoms with Gasteiger partial charge in [-0.05, 0) is 35.4 Å². The normalized spacial score (nSPS) is 11.0. The lowest BCUT2D eigenvalue weighted by atomic mass is 10.1. The molecule has 0 saturated heterocycles. The molecule has 140 valence electrons. The van der Waals surface area contributed by atoms with Crippen molar-refractivity contribution < 1.29 is 23.4 Å². The van der Waals surface area contributed by atoms with E-state index in [1.807, 2.05) is 36.4 Å². The van der Waals surface area contributed by atoms with Gasteiger partial charge >= 0.3 is 5.63 Å². The van der Waals surface area contributed by atoms with Gasteiger partial charge in [0.05, 0.1) is 28.4 Å². The van der Waals surface area contributed by atoms with E-state index in [0.29, 0.717) is 28.6 Å². The van der Waals surface area contributed by atoms with Gasteiger partial charge in [-0.1, -0.05) is 12.2 Å². The summed E-state index contributed by atoms with van der Waals surface area (Å²) in [5.74, 6) is 2.25. The Bertz CT molecular complexity index is 1020. The number of ether oxygens (including phenoxy) is 4. The van der Waals surface area contributed by atoms with Gasteiger partial charge in [-0.25, -0.2) is 4.79 Å². The second kappa shape index (κ2) is 7.86. The van der Waals surface area contributed by atoms with E-state index in [1.54, 1.807) is 34.5 Å². The van der Waals surface area contributed by atoms with Crippen molar-refractivity contribution in [1.82, 2.24) is 0 Å². The first kappa shape index (κ1) is 18.4. The zero-order valence-electron chi connectivity index (χ0n) is 15.6. The SMILES string of the molecule is COc1ccc2c(/C=C/c3cc(OC)c(OC)c(OC)c3)cc(=O)oc2c1. The first-order valence-corrected chi connectivity index (χ1v) is 8.19. The molecule has 2 aromatic carbocycles.